The zero-order valence-corrected chi connectivity index (χ0v) is 18.3. The summed E-state index contributed by atoms with van der Waals surface area (Å²) in [5.41, 5.74) is 2.70. The van der Waals surface area contributed by atoms with E-state index in [-0.39, 0.29) is 24.8 Å². The molecule has 1 unspecified atom stereocenters. The van der Waals surface area contributed by atoms with Gasteiger partial charge in [0.05, 0.1) is 11.6 Å². The molecule has 164 valence electrons. The Balaban J connectivity index is 1.76. The molecule has 3 aromatic rings. The molecule has 0 spiro atoms. The fourth-order valence-corrected chi connectivity index (χ4v) is 5.45. The Kier molecular flexibility index (Phi) is 5.96. The Morgan fingerprint density at radius 1 is 1.19 bits per heavy atom. The molecule has 1 atom stereocenters. The first-order valence-electron chi connectivity index (χ1n) is 10.3. The van der Waals surface area contributed by atoms with Crippen LogP contribution in [0.2, 0.25) is 0 Å². The van der Waals surface area contributed by atoms with Crippen molar-refractivity contribution in [3.8, 4) is 0 Å². The Morgan fingerprint density at radius 3 is 2.68 bits per heavy atom. The topological polar surface area (TPSA) is 79.5 Å². The van der Waals surface area contributed by atoms with Gasteiger partial charge in [-0.05, 0) is 61.4 Å². The predicted molar refractivity (Wildman–Crippen MR) is 117 cm³/mol. The summed E-state index contributed by atoms with van der Waals surface area (Å²) in [6, 6.07) is 10.8. The van der Waals surface area contributed by atoms with Crippen LogP contribution in [0.3, 0.4) is 0 Å². The van der Waals surface area contributed by atoms with Crippen molar-refractivity contribution in [1.82, 2.24) is 9.29 Å². The van der Waals surface area contributed by atoms with Crippen molar-refractivity contribution in [2.45, 2.75) is 44.2 Å². The van der Waals surface area contributed by atoms with Crippen LogP contribution in [0.4, 0.5) is 4.39 Å². The van der Waals surface area contributed by atoms with E-state index in [9.17, 15) is 17.6 Å². The molecule has 8 heteroatoms. The van der Waals surface area contributed by atoms with E-state index >= 15 is 0 Å². The normalized spacial score (nSPS) is 17.0. The summed E-state index contributed by atoms with van der Waals surface area (Å²) >= 11 is 0. The van der Waals surface area contributed by atoms with Crippen LogP contribution in [0.5, 0.6) is 0 Å². The molecule has 0 aliphatic carbocycles. The van der Waals surface area contributed by atoms with Crippen molar-refractivity contribution in [3.63, 3.8) is 0 Å². The van der Waals surface area contributed by atoms with Gasteiger partial charge in [-0.3, -0.25) is 4.79 Å². The molecule has 0 saturated carbocycles. The maximum absolute atomic E-state index is 14.4. The summed E-state index contributed by atoms with van der Waals surface area (Å²) in [5, 5.41) is 0.818. The van der Waals surface area contributed by atoms with Crippen molar-refractivity contribution >= 4 is 20.9 Å². The lowest BCUT2D eigenvalue weighted by Gasteiger charge is -2.25. The van der Waals surface area contributed by atoms with Gasteiger partial charge in [0.2, 0.25) is 10.0 Å². The summed E-state index contributed by atoms with van der Waals surface area (Å²) < 4.78 is 47.8. The summed E-state index contributed by atoms with van der Waals surface area (Å²) in [6.45, 7) is 4.34. The van der Waals surface area contributed by atoms with E-state index in [1.54, 1.807) is 6.07 Å². The van der Waals surface area contributed by atoms with Crippen molar-refractivity contribution in [1.29, 1.82) is 0 Å². The van der Waals surface area contributed by atoms with Gasteiger partial charge < -0.3 is 9.72 Å². The molecule has 1 aromatic heterocycles. The number of ether oxygens (including phenoxy) is 1. The van der Waals surface area contributed by atoms with Gasteiger partial charge in [-0.15, -0.1) is 0 Å². The minimum absolute atomic E-state index is 0.0566. The molecule has 2 heterocycles. The number of fused-ring (bicyclic) bond motifs is 1. The molecule has 1 saturated heterocycles. The minimum atomic E-state index is -4.18. The maximum Gasteiger partial charge on any atom is 0.252 e. The third-order valence-corrected chi connectivity index (χ3v) is 7.71. The predicted octanol–water partition coefficient (Wildman–Crippen LogP) is 3.65. The highest BCUT2D eigenvalue weighted by atomic mass is 32.2. The number of sulfonamides is 1. The highest BCUT2D eigenvalue weighted by molar-refractivity contribution is 7.89. The molecule has 4 rings (SSSR count). The molecule has 0 radical (unpaired) electrons. The Labute approximate surface area is 180 Å². The van der Waals surface area contributed by atoms with Crippen LogP contribution in [0, 0.1) is 19.7 Å². The summed E-state index contributed by atoms with van der Waals surface area (Å²) in [5.74, 6) is -0.821. The molecule has 0 bridgehead atoms. The average Bonchev–Trinajstić information content (AvgIpc) is 3.25. The van der Waals surface area contributed by atoms with Crippen molar-refractivity contribution in [3.05, 3.63) is 75.3 Å². The van der Waals surface area contributed by atoms with Gasteiger partial charge in [-0.2, -0.15) is 4.31 Å². The number of hydrogen-bond donors (Lipinski definition) is 1. The highest BCUT2D eigenvalue weighted by Gasteiger charge is 2.31. The van der Waals surface area contributed by atoms with Gasteiger partial charge in [0.15, 0.2) is 0 Å². The second-order valence-electron chi connectivity index (χ2n) is 7.96. The number of H-pyrrole nitrogens is 1. The monoisotopic (exact) mass is 444 g/mol. The van der Waals surface area contributed by atoms with Gasteiger partial charge in [0.25, 0.3) is 5.56 Å². The van der Waals surface area contributed by atoms with Crippen LogP contribution >= 0.6 is 0 Å². The quantitative estimate of drug-likeness (QED) is 0.629. The van der Waals surface area contributed by atoms with Gasteiger partial charge in [0, 0.05) is 25.3 Å². The smallest absolute Gasteiger partial charge is 0.252 e. The number of aromatic nitrogens is 1. The number of aromatic amines is 1. The largest absolute Gasteiger partial charge is 0.377 e. The first-order chi connectivity index (χ1) is 14.8. The zero-order chi connectivity index (χ0) is 22.2. The maximum atomic E-state index is 14.4. The molecular formula is C23H25FN2O4S. The summed E-state index contributed by atoms with van der Waals surface area (Å²) in [7, 11) is -4.18. The number of aryl methyl sites for hydroxylation is 2. The van der Waals surface area contributed by atoms with Crippen molar-refractivity contribution in [2.24, 2.45) is 0 Å². The zero-order valence-electron chi connectivity index (χ0n) is 17.5. The molecular weight excluding hydrogens is 419 g/mol. The van der Waals surface area contributed by atoms with Crippen LogP contribution in [0.25, 0.3) is 10.9 Å². The standard InChI is InChI=1S/C23H25FN2O4S/c1-15-9-10-17-12-18(23(27)25-22(17)16(15)2)13-26(14-19-6-5-11-30-19)31(28,29)21-8-4-3-7-20(21)24/h3-4,7-10,12,19H,5-6,11,13-14H2,1-2H3,(H,25,27). The third kappa shape index (κ3) is 4.28. The Hall–Kier alpha value is -2.55. The first kappa shape index (κ1) is 21.7. The fraction of sp³-hybridized carbons (Fsp3) is 0.348. The number of nitrogens with zero attached hydrogens (tertiary/aromatic N) is 1. The van der Waals surface area contributed by atoms with Gasteiger partial charge in [0.1, 0.15) is 10.7 Å². The van der Waals surface area contributed by atoms with Crippen LogP contribution in [0.15, 0.2) is 52.2 Å². The first-order valence-corrected chi connectivity index (χ1v) is 11.7. The van der Waals surface area contributed by atoms with Crippen molar-refractivity contribution < 1.29 is 17.5 Å². The molecule has 2 aromatic carbocycles. The van der Waals surface area contributed by atoms with Crippen LogP contribution in [-0.4, -0.2) is 37.0 Å². The number of halogens is 1. The SMILES string of the molecule is Cc1ccc2cc(CN(CC3CCCO3)S(=O)(=O)c3ccccc3F)c(=O)[nH]c2c1C. The minimum Gasteiger partial charge on any atom is -0.377 e. The van der Waals surface area contributed by atoms with E-state index in [1.807, 2.05) is 26.0 Å². The van der Waals surface area contributed by atoms with Gasteiger partial charge in [-0.1, -0.05) is 24.3 Å². The van der Waals surface area contributed by atoms with Crippen LogP contribution < -0.4 is 5.56 Å². The lowest BCUT2D eigenvalue weighted by molar-refractivity contribution is 0.0924. The van der Waals surface area contributed by atoms with E-state index in [4.69, 9.17) is 4.74 Å². The molecule has 1 aliphatic heterocycles. The van der Waals surface area contributed by atoms with E-state index < -0.39 is 20.7 Å². The van der Waals surface area contributed by atoms with E-state index in [1.165, 1.54) is 18.2 Å². The molecule has 1 N–H and O–H groups in total. The van der Waals surface area contributed by atoms with Crippen LogP contribution in [0.1, 0.15) is 29.5 Å². The van der Waals surface area contributed by atoms with E-state index in [2.05, 4.69) is 4.98 Å². The lowest BCUT2D eigenvalue weighted by Crippen LogP contribution is -2.38. The molecule has 6 nitrogen and oxygen atoms in total. The highest BCUT2D eigenvalue weighted by Crippen LogP contribution is 2.25. The van der Waals surface area contributed by atoms with Crippen molar-refractivity contribution in [2.75, 3.05) is 13.2 Å². The molecule has 1 aliphatic rings. The lowest BCUT2D eigenvalue weighted by atomic mass is 10.0. The number of benzene rings is 2. The van der Waals surface area contributed by atoms with Crippen LogP contribution in [-0.2, 0) is 21.3 Å². The average molecular weight is 445 g/mol. The molecule has 0 amide bonds. The second kappa shape index (κ2) is 8.53. The van der Waals surface area contributed by atoms with Gasteiger partial charge in [-0.25, -0.2) is 12.8 Å². The summed E-state index contributed by atoms with van der Waals surface area (Å²) in [4.78, 5) is 15.3. The van der Waals surface area contributed by atoms with Gasteiger partial charge >= 0.3 is 0 Å². The second-order valence-corrected chi connectivity index (χ2v) is 9.86. The number of rotatable bonds is 6. The number of hydrogen-bond acceptors (Lipinski definition) is 4. The third-order valence-electron chi connectivity index (χ3n) is 5.86. The molecule has 31 heavy (non-hydrogen) atoms. The van der Waals surface area contributed by atoms with E-state index in [0.717, 1.165) is 45.2 Å². The Bertz CT molecular complexity index is 1280. The van der Waals surface area contributed by atoms with E-state index in [0.29, 0.717) is 12.2 Å². The number of pyridine rings is 1. The number of nitrogens with one attached hydrogen (secondary N) is 1. The fourth-order valence-electron chi connectivity index (χ4n) is 3.93. The summed E-state index contributed by atoms with van der Waals surface area (Å²) in [6.07, 6.45) is 1.27. The Morgan fingerprint density at radius 2 is 1.97 bits per heavy atom. The molecule has 1 fully saturated rings.